The second kappa shape index (κ2) is 25.5. The molecule has 382 valence electrons. The topological polar surface area (TPSA) is 412 Å². The second-order valence-electron chi connectivity index (χ2n) is 17.2. The largest absolute Gasteiger partial charge is 0.385 e. The Morgan fingerprint density at radius 1 is 0.535 bits per heavy atom. The van der Waals surface area contributed by atoms with Crippen LogP contribution in [0, 0.1) is 0 Å². The number of aromatic amines is 5. The maximum Gasteiger partial charge on any atom is 0.349 e. The lowest BCUT2D eigenvalue weighted by Crippen LogP contribution is -2.29. The Kier molecular flexibility index (Phi) is 20.3. The Morgan fingerprint density at radius 3 is 1.62 bits per heavy atom. The second-order valence-corrected chi connectivity index (χ2v) is 17.2. The summed E-state index contributed by atoms with van der Waals surface area (Å²) in [5.74, 6) is 1.66. The van der Waals surface area contributed by atoms with Crippen LogP contribution in [0.25, 0.3) is 22.3 Å². The molecule has 8 aromatic rings. The highest BCUT2D eigenvalue weighted by atomic mass is 16.2. The fourth-order valence-corrected chi connectivity index (χ4v) is 5.95. The Balaban J connectivity index is 0.000000226. The predicted molar refractivity (Wildman–Crippen MR) is 273 cm³/mol. The van der Waals surface area contributed by atoms with E-state index >= 15 is 0 Å². The summed E-state index contributed by atoms with van der Waals surface area (Å²) in [6.45, 7) is 23.5. The Labute approximate surface area is 405 Å². The van der Waals surface area contributed by atoms with E-state index in [1.54, 1.807) is 29.5 Å². The fraction of sp³-hybridized carbons (Fsp3) is 0.409. The summed E-state index contributed by atoms with van der Waals surface area (Å²) in [6.07, 6.45) is 10.9. The van der Waals surface area contributed by atoms with Crippen LogP contribution >= 0.6 is 0 Å². The molecular formula is C44H64N20O7. The molecule has 27 nitrogen and oxygen atoms in total. The van der Waals surface area contributed by atoms with E-state index in [1.165, 1.54) is 40.1 Å². The SMILES string of the molecule is CC(C)c1c[nH]c(=O)[nH]c1=O.CC(C)c1cnc(=O)[nH]c1N.CC(C)n1ccc(=O)[nH]c1=O.CC(C)n1ccc(N)nc1=O.CC(C)n1cnc2c(=O)[nH]c(N)nc21.CC(C)n1cnc2c(N)ncnc21. The predicted octanol–water partition coefficient (Wildman–Crippen LogP) is 2.46. The third-order valence-electron chi connectivity index (χ3n) is 9.73. The lowest BCUT2D eigenvalue weighted by molar-refractivity contribution is 0.561. The molecule has 8 heterocycles. The number of nitrogens with two attached hydrogens (primary N) is 4. The smallest absolute Gasteiger partial charge is 0.349 e. The lowest BCUT2D eigenvalue weighted by Gasteiger charge is -2.07. The summed E-state index contributed by atoms with van der Waals surface area (Å²) < 4.78 is 6.76. The summed E-state index contributed by atoms with van der Waals surface area (Å²) >= 11 is 0. The Morgan fingerprint density at radius 2 is 1.10 bits per heavy atom. The molecule has 0 amide bonds. The van der Waals surface area contributed by atoms with Crippen LogP contribution in [0.1, 0.15) is 130 Å². The average molecular weight is 985 g/mol. The first-order valence-electron chi connectivity index (χ1n) is 22.2. The third-order valence-corrected chi connectivity index (χ3v) is 9.73. The molecule has 0 saturated heterocycles. The summed E-state index contributed by atoms with van der Waals surface area (Å²) in [7, 11) is 0. The van der Waals surface area contributed by atoms with Crippen LogP contribution in [-0.4, -0.2) is 78.1 Å². The van der Waals surface area contributed by atoms with Gasteiger partial charge in [-0.05, 0) is 73.3 Å². The molecule has 8 rings (SSSR count). The molecule has 27 heteroatoms. The number of fused-ring (bicyclic) bond motifs is 2. The molecule has 0 aliphatic carbocycles. The van der Waals surface area contributed by atoms with Gasteiger partial charge in [0.15, 0.2) is 22.6 Å². The summed E-state index contributed by atoms with van der Waals surface area (Å²) in [5.41, 5.74) is 23.3. The van der Waals surface area contributed by atoms with E-state index < -0.39 is 11.4 Å². The molecule has 0 radical (unpaired) electrons. The molecule has 0 aliphatic rings. The first-order valence-corrected chi connectivity index (χ1v) is 22.2. The van der Waals surface area contributed by atoms with E-state index in [0.717, 1.165) is 11.2 Å². The average Bonchev–Trinajstić information content (AvgIpc) is 3.91. The fourth-order valence-electron chi connectivity index (χ4n) is 5.95. The van der Waals surface area contributed by atoms with Gasteiger partial charge in [-0.15, -0.1) is 0 Å². The number of hydrogen-bond acceptors (Lipinski definition) is 18. The molecule has 0 atom stereocenters. The number of nitrogens with zero attached hydrogens (tertiary/aromatic N) is 11. The van der Waals surface area contributed by atoms with Gasteiger partial charge in [-0.25, -0.2) is 44.1 Å². The van der Waals surface area contributed by atoms with Crippen molar-refractivity contribution in [1.29, 1.82) is 0 Å². The van der Waals surface area contributed by atoms with Crippen LogP contribution in [0.15, 0.2) is 89.5 Å². The van der Waals surface area contributed by atoms with Crippen molar-refractivity contribution >= 4 is 45.7 Å². The van der Waals surface area contributed by atoms with Gasteiger partial charge in [0.2, 0.25) is 5.95 Å². The molecule has 0 saturated carbocycles. The van der Waals surface area contributed by atoms with Crippen LogP contribution in [0.5, 0.6) is 0 Å². The van der Waals surface area contributed by atoms with Crippen molar-refractivity contribution in [3.05, 3.63) is 140 Å². The Bertz CT molecular complexity index is 3350. The number of hydrogen-bond donors (Lipinski definition) is 9. The van der Waals surface area contributed by atoms with Crippen molar-refractivity contribution in [2.24, 2.45) is 0 Å². The summed E-state index contributed by atoms with van der Waals surface area (Å²) in [6, 6.07) is 3.70. The van der Waals surface area contributed by atoms with E-state index in [4.69, 9.17) is 22.9 Å². The molecular weight excluding hydrogens is 921 g/mol. The molecule has 71 heavy (non-hydrogen) atoms. The van der Waals surface area contributed by atoms with Crippen LogP contribution in [-0.2, 0) is 0 Å². The van der Waals surface area contributed by atoms with Gasteiger partial charge in [0.1, 0.15) is 23.5 Å². The van der Waals surface area contributed by atoms with Crippen LogP contribution < -0.4 is 62.4 Å². The van der Waals surface area contributed by atoms with Crippen LogP contribution in [0.3, 0.4) is 0 Å². The van der Waals surface area contributed by atoms with Crippen molar-refractivity contribution in [1.82, 2.24) is 78.1 Å². The van der Waals surface area contributed by atoms with Gasteiger partial charge in [0.25, 0.3) is 16.7 Å². The molecule has 0 unspecified atom stereocenters. The molecule has 0 bridgehead atoms. The third kappa shape index (κ3) is 16.2. The number of nitrogens with one attached hydrogen (secondary N) is 5. The minimum absolute atomic E-state index is 0.0827. The van der Waals surface area contributed by atoms with Gasteiger partial charge in [-0.1, -0.05) is 27.7 Å². The van der Waals surface area contributed by atoms with Crippen molar-refractivity contribution in [3.8, 4) is 0 Å². The molecule has 8 aromatic heterocycles. The number of aromatic nitrogens is 16. The molecule has 0 fully saturated rings. The number of nitrogen functional groups attached to an aromatic ring is 4. The summed E-state index contributed by atoms with van der Waals surface area (Å²) in [4.78, 5) is 115. The lowest BCUT2D eigenvalue weighted by atomic mass is 10.1. The number of rotatable bonds is 6. The normalized spacial score (nSPS) is 10.8. The van der Waals surface area contributed by atoms with E-state index in [-0.39, 0.29) is 63.9 Å². The number of imidazole rings is 2. The highest BCUT2D eigenvalue weighted by Gasteiger charge is 2.12. The quantitative estimate of drug-likeness (QED) is 0.115. The van der Waals surface area contributed by atoms with Gasteiger partial charge in [0, 0.05) is 66.1 Å². The van der Waals surface area contributed by atoms with Crippen molar-refractivity contribution in [2.75, 3.05) is 22.9 Å². The highest BCUT2D eigenvalue weighted by Crippen LogP contribution is 2.18. The zero-order chi connectivity index (χ0) is 53.4. The minimum Gasteiger partial charge on any atom is -0.385 e. The van der Waals surface area contributed by atoms with E-state index in [0.29, 0.717) is 45.8 Å². The Hall–Kier alpha value is -8.78. The summed E-state index contributed by atoms with van der Waals surface area (Å²) in [5, 5.41) is 0. The van der Waals surface area contributed by atoms with Crippen LogP contribution in [0.4, 0.5) is 23.4 Å². The van der Waals surface area contributed by atoms with Crippen molar-refractivity contribution < 1.29 is 0 Å². The standard InChI is InChI=1S/C8H11N5O.C8H11N5.2C7H11N3O.2C7H10N2O2/c1-4(2)13-3-10-5-6(13)11-8(9)12-7(5)14;1-5(2)13-4-12-6-7(9)10-3-11-8(6)13;1-5(2)10-4-3-6(8)9-7(10)11;1-4(2)5-3-9-7(11)10-6(5)8;1-5(2)9-4-3-6(10)8-7(9)11;1-4(2)5-3-8-7(11)9-6(5)10/h3-4H,1-2H3,(H3,9,11,12,14);3-5H,1-2H3,(H2,9,10,11);3-5H,1-2H3,(H2,8,9,11);3-4H,1-2H3,(H3,8,9,10,11);3-5H,1-2H3,(H,8,10,11);3-4H,1-2H3,(H2,8,9,10,11). The zero-order valence-corrected chi connectivity index (χ0v) is 41.7. The monoisotopic (exact) mass is 985 g/mol. The van der Waals surface area contributed by atoms with Gasteiger partial charge >= 0.3 is 22.8 Å². The van der Waals surface area contributed by atoms with Gasteiger partial charge in [0.05, 0.1) is 12.7 Å². The minimum atomic E-state index is -0.459. The molecule has 0 spiro atoms. The maximum atomic E-state index is 11.4. The van der Waals surface area contributed by atoms with Crippen molar-refractivity contribution in [3.63, 3.8) is 0 Å². The van der Waals surface area contributed by atoms with Crippen LogP contribution in [0.2, 0.25) is 0 Å². The van der Waals surface area contributed by atoms with E-state index in [2.05, 4.69) is 73.7 Å². The van der Waals surface area contributed by atoms with Gasteiger partial charge < -0.3 is 37.1 Å². The first kappa shape index (κ1) is 56.5. The highest BCUT2D eigenvalue weighted by molar-refractivity contribution is 5.81. The first-order chi connectivity index (χ1) is 33.2. The van der Waals surface area contributed by atoms with E-state index in [1.807, 2.05) is 73.8 Å². The number of H-pyrrole nitrogens is 5. The van der Waals surface area contributed by atoms with E-state index in [9.17, 15) is 33.6 Å². The maximum absolute atomic E-state index is 11.4. The number of anilines is 4. The molecule has 13 N–H and O–H groups in total. The molecule has 0 aromatic carbocycles. The van der Waals surface area contributed by atoms with Crippen molar-refractivity contribution in [2.45, 2.75) is 119 Å². The van der Waals surface area contributed by atoms with Gasteiger partial charge in [-0.2, -0.15) is 9.97 Å². The molecule has 0 aliphatic heterocycles. The van der Waals surface area contributed by atoms with Gasteiger partial charge in [-0.3, -0.25) is 43.5 Å². The zero-order valence-electron chi connectivity index (χ0n) is 41.7.